The Morgan fingerprint density at radius 3 is 2.53 bits per heavy atom. The number of hydrogen-bond acceptors (Lipinski definition) is 3. The van der Waals surface area contributed by atoms with E-state index in [9.17, 15) is 4.79 Å². The molecule has 0 aliphatic carbocycles. The Kier molecular flexibility index (Phi) is 3.32. The molecule has 0 amide bonds. The highest BCUT2D eigenvalue weighted by Gasteiger charge is 2.16. The van der Waals surface area contributed by atoms with Crippen molar-refractivity contribution >= 4 is 11.7 Å². The van der Waals surface area contributed by atoms with Crippen LogP contribution in [0.1, 0.15) is 6.42 Å². The molecule has 1 aromatic rings. The number of nitrogens with zero attached hydrogens (tertiary/aromatic N) is 1. The van der Waals surface area contributed by atoms with Gasteiger partial charge in [0.1, 0.15) is 5.75 Å². The molecule has 0 saturated heterocycles. The van der Waals surface area contributed by atoms with Gasteiger partial charge < -0.3 is 14.7 Å². The van der Waals surface area contributed by atoms with E-state index in [1.54, 1.807) is 13.2 Å². The molecule has 17 heavy (non-hydrogen) atoms. The predicted molar refractivity (Wildman–Crippen MR) is 65.5 cm³/mol. The second-order valence-electron chi connectivity index (χ2n) is 3.93. The van der Waals surface area contributed by atoms with Crippen LogP contribution >= 0.6 is 0 Å². The maximum absolute atomic E-state index is 10.8. The standard InChI is InChI=1S/C13H15NO3/c1-17-12-4-2-11(3-5-12)14-8-6-10(7-9-14)13(15)16/h2-6H,7-9H2,1H3,(H,15,16). The van der Waals surface area contributed by atoms with Crippen LogP contribution in [0.15, 0.2) is 35.9 Å². The number of aliphatic carboxylic acids is 1. The molecule has 0 aromatic heterocycles. The van der Waals surface area contributed by atoms with Crippen LogP contribution in [0.3, 0.4) is 0 Å². The molecule has 0 saturated carbocycles. The summed E-state index contributed by atoms with van der Waals surface area (Å²) in [6, 6.07) is 7.79. The van der Waals surface area contributed by atoms with Gasteiger partial charge in [-0.3, -0.25) is 0 Å². The average molecular weight is 233 g/mol. The number of ether oxygens (including phenoxy) is 1. The second kappa shape index (κ2) is 4.91. The fourth-order valence-corrected chi connectivity index (χ4v) is 1.89. The van der Waals surface area contributed by atoms with Crippen LogP contribution in [-0.4, -0.2) is 31.3 Å². The third kappa shape index (κ3) is 2.58. The lowest BCUT2D eigenvalue weighted by Crippen LogP contribution is -2.29. The van der Waals surface area contributed by atoms with Crippen LogP contribution in [-0.2, 0) is 4.79 Å². The maximum atomic E-state index is 10.8. The lowest BCUT2D eigenvalue weighted by molar-refractivity contribution is -0.132. The first kappa shape index (κ1) is 11.5. The second-order valence-corrected chi connectivity index (χ2v) is 3.93. The number of benzene rings is 1. The number of anilines is 1. The Morgan fingerprint density at radius 1 is 1.35 bits per heavy atom. The molecule has 0 bridgehead atoms. The van der Waals surface area contributed by atoms with Crippen molar-refractivity contribution in [1.82, 2.24) is 0 Å². The third-order valence-electron chi connectivity index (χ3n) is 2.92. The van der Waals surface area contributed by atoms with E-state index < -0.39 is 5.97 Å². The van der Waals surface area contributed by atoms with Gasteiger partial charge in [0.05, 0.1) is 7.11 Å². The Bertz CT molecular complexity index is 436. The Morgan fingerprint density at radius 2 is 2.06 bits per heavy atom. The van der Waals surface area contributed by atoms with E-state index in [4.69, 9.17) is 9.84 Å². The first-order valence-corrected chi connectivity index (χ1v) is 5.52. The van der Waals surface area contributed by atoms with Gasteiger partial charge in [-0.2, -0.15) is 0 Å². The van der Waals surface area contributed by atoms with Crippen molar-refractivity contribution in [3.8, 4) is 5.75 Å². The molecule has 1 N–H and O–H groups in total. The molecule has 4 nitrogen and oxygen atoms in total. The lowest BCUT2D eigenvalue weighted by Gasteiger charge is -2.27. The molecule has 1 aliphatic heterocycles. The third-order valence-corrected chi connectivity index (χ3v) is 2.92. The summed E-state index contributed by atoms with van der Waals surface area (Å²) >= 11 is 0. The largest absolute Gasteiger partial charge is 0.497 e. The number of rotatable bonds is 3. The van der Waals surface area contributed by atoms with Crippen LogP contribution in [0.2, 0.25) is 0 Å². The van der Waals surface area contributed by atoms with E-state index in [0.717, 1.165) is 18.0 Å². The quantitative estimate of drug-likeness (QED) is 0.866. The molecule has 4 heteroatoms. The van der Waals surface area contributed by atoms with Gasteiger partial charge in [-0.1, -0.05) is 6.08 Å². The molecular formula is C13H15NO3. The van der Waals surface area contributed by atoms with Gasteiger partial charge >= 0.3 is 5.97 Å². The van der Waals surface area contributed by atoms with Gasteiger partial charge in [0.15, 0.2) is 0 Å². The fraction of sp³-hybridized carbons (Fsp3) is 0.308. The molecule has 0 radical (unpaired) electrons. The summed E-state index contributed by atoms with van der Waals surface area (Å²) in [6.07, 6.45) is 2.36. The highest BCUT2D eigenvalue weighted by molar-refractivity contribution is 5.87. The molecule has 1 heterocycles. The van der Waals surface area contributed by atoms with Crippen molar-refractivity contribution in [3.05, 3.63) is 35.9 Å². The summed E-state index contributed by atoms with van der Waals surface area (Å²) in [7, 11) is 1.64. The van der Waals surface area contributed by atoms with Crippen molar-refractivity contribution in [2.45, 2.75) is 6.42 Å². The van der Waals surface area contributed by atoms with Crippen LogP contribution in [0.5, 0.6) is 5.75 Å². The minimum atomic E-state index is -0.806. The highest BCUT2D eigenvalue weighted by atomic mass is 16.5. The smallest absolute Gasteiger partial charge is 0.331 e. The number of hydrogen-bond donors (Lipinski definition) is 1. The van der Waals surface area contributed by atoms with Crippen molar-refractivity contribution in [1.29, 1.82) is 0 Å². The summed E-state index contributed by atoms with van der Waals surface area (Å²) in [6.45, 7) is 1.39. The van der Waals surface area contributed by atoms with Crippen LogP contribution in [0.25, 0.3) is 0 Å². The first-order valence-electron chi connectivity index (χ1n) is 5.52. The number of carboxylic acid groups (broad SMARTS) is 1. The van der Waals surface area contributed by atoms with Crippen molar-refractivity contribution in [2.75, 3.05) is 25.1 Å². The molecular weight excluding hydrogens is 218 g/mol. The summed E-state index contributed by atoms with van der Waals surface area (Å²) < 4.78 is 5.10. The molecule has 2 rings (SSSR count). The van der Waals surface area contributed by atoms with Crippen molar-refractivity contribution in [2.24, 2.45) is 0 Å². The molecule has 0 spiro atoms. The summed E-state index contributed by atoms with van der Waals surface area (Å²) in [4.78, 5) is 12.9. The molecule has 0 unspecified atom stereocenters. The zero-order chi connectivity index (χ0) is 12.3. The van der Waals surface area contributed by atoms with Gasteiger partial charge in [0.25, 0.3) is 0 Å². The topological polar surface area (TPSA) is 49.8 Å². The Hall–Kier alpha value is -1.97. The minimum absolute atomic E-state index is 0.509. The highest BCUT2D eigenvalue weighted by Crippen LogP contribution is 2.22. The normalized spacial score (nSPS) is 15.4. The van der Waals surface area contributed by atoms with E-state index >= 15 is 0 Å². The molecule has 1 aliphatic rings. The summed E-state index contributed by atoms with van der Waals surface area (Å²) in [5, 5.41) is 8.86. The van der Waals surface area contributed by atoms with E-state index in [0.29, 0.717) is 18.5 Å². The number of methoxy groups -OCH3 is 1. The van der Waals surface area contributed by atoms with E-state index in [-0.39, 0.29) is 0 Å². The zero-order valence-electron chi connectivity index (χ0n) is 9.72. The van der Waals surface area contributed by atoms with E-state index in [2.05, 4.69) is 4.90 Å². The summed E-state index contributed by atoms with van der Waals surface area (Å²) in [5.41, 5.74) is 1.60. The molecule has 90 valence electrons. The fourth-order valence-electron chi connectivity index (χ4n) is 1.89. The van der Waals surface area contributed by atoms with Gasteiger partial charge in [-0.05, 0) is 30.7 Å². The van der Waals surface area contributed by atoms with Crippen LogP contribution in [0, 0.1) is 0 Å². The van der Waals surface area contributed by atoms with Gasteiger partial charge in [-0.25, -0.2) is 4.79 Å². The molecule has 0 fully saturated rings. The molecule has 0 atom stereocenters. The van der Waals surface area contributed by atoms with Crippen LogP contribution < -0.4 is 9.64 Å². The maximum Gasteiger partial charge on any atom is 0.331 e. The van der Waals surface area contributed by atoms with E-state index in [1.165, 1.54) is 0 Å². The van der Waals surface area contributed by atoms with Crippen molar-refractivity contribution in [3.63, 3.8) is 0 Å². The minimum Gasteiger partial charge on any atom is -0.497 e. The van der Waals surface area contributed by atoms with Crippen molar-refractivity contribution < 1.29 is 14.6 Å². The zero-order valence-corrected chi connectivity index (χ0v) is 9.72. The predicted octanol–water partition coefficient (Wildman–Crippen LogP) is 1.92. The lowest BCUT2D eigenvalue weighted by atomic mass is 10.1. The summed E-state index contributed by atoms with van der Waals surface area (Å²) in [5.74, 6) is 0.0203. The van der Waals surface area contributed by atoms with E-state index in [1.807, 2.05) is 24.3 Å². The van der Waals surface area contributed by atoms with Gasteiger partial charge in [0.2, 0.25) is 0 Å². The van der Waals surface area contributed by atoms with Crippen LogP contribution in [0.4, 0.5) is 5.69 Å². The first-order chi connectivity index (χ1) is 8.20. The number of carbonyl (C=O) groups is 1. The van der Waals surface area contributed by atoms with Gasteiger partial charge in [0, 0.05) is 24.4 Å². The monoisotopic (exact) mass is 233 g/mol. The number of carboxylic acids is 1. The Balaban J connectivity index is 2.07. The molecule has 1 aromatic carbocycles. The van der Waals surface area contributed by atoms with Gasteiger partial charge in [-0.15, -0.1) is 0 Å². The average Bonchev–Trinajstić information content (AvgIpc) is 2.39. The SMILES string of the molecule is COc1ccc(N2CC=C(C(=O)O)CC2)cc1. The Labute approximate surface area is 100 Å².